The molecule has 0 aromatic heterocycles. The summed E-state index contributed by atoms with van der Waals surface area (Å²) in [6.45, 7) is 5.86. The van der Waals surface area contributed by atoms with Gasteiger partial charge in [-0.05, 0) is 37.1 Å². The average molecular weight is 312 g/mol. The standard InChI is InChI=1S/C14H18BrNO2/c1-8-6-9(15)4-5-10(8)13(18)16-11-7-12(17)14(11,2)3/h4-6,11-12,17H,7H2,1-3H3,(H,16,18). The van der Waals surface area contributed by atoms with E-state index >= 15 is 0 Å². The van der Waals surface area contributed by atoms with Gasteiger partial charge in [0.1, 0.15) is 0 Å². The third-order valence-electron chi connectivity index (χ3n) is 3.95. The minimum Gasteiger partial charge on any atom is -0.392 e. The normalized spacial score (nSPS) is 25.4. The zero-order valence-corrected chi connectivity index (χ0v) is 12.4. The number of nitrogens with one attached hydrogen (secondary N) is 1. The summed E-state index contributed by atoms with van der Waals surface area (Å²) in [5.74, 6) is -0.0648. The predicted molar refractivity (Wildman–Crippen MR) is 74.5 cm³/mol. The quantitative estimate of drug-likeness (QED) is 0.882. The minimum absolute atomic E-state index is 0.0445. The molecule has 1 aromatic rings. The van der Waals surface area contributed by atoms with Gasteiger partial charge in [-0.2, -0.15) is 0 Å². The summed E-state index contributed by atoms with van der Waals surface area (Å²) >= 11 is 3.38. The fourth-order valence-electron chi connectivity index (χ4n) is 2.27. The maximum Gasteiger partial charge on any atom is 0.251 e. The second kappa shape index (κ2) is 4.67. The van der Waals surface area contributed by atoms with Crippen molar-refractivity contribution in [3.63, 3.8) is 0 Å². The molecular weight excluding hydrogens is 294 g/mol. The number of benzene rings is 1. The first kappa shape index (κ1) is 13.6. The van der Waals surface area contributed by atoms with Gasteiger partial charge in [-0.1, -0.05) is 29.8 Å². The Hall–Kier alpha value is -0.870. The second-order valence-electron chi connectivity index (χ2n) is 5.56. The molecule has 2 unspecified atom stereocenters. The topological polar surface area (TPSA) is 49.3 Å². The fourth-order valence-corrected chi connectivity index (χ4v) is 2.74. The van der Waals surface area contributed by atoms with Gasteiger partial charge in [0.25, 0.3) is 5.91 Å². The lowest BCUT2D eigenvalue weighted by atomic mass is 9.64. The summed E-state index contributed by atoms with van der Waals surface area (Å²) in [4.78, 5) is 12.2. The minimum atomic E-state index is -0.325. The van der Waals surface area contributed by atoms with E-state index in [-0.39, 0.29) is 23.5 Å². The lowest BCUT2D eigenvalue weighted by molar-refractivity contribution is -0.0689. The van der Waals surface area contributed by atoms with Crippen molar-refractivity contribution in [2.24, 2.45) is 5.41 Å². The van der Waals surface area contributed by atoms with Gasteiger partial charge in [0.15, 0.2) is 0 Å². The maximum atomic E-state index is 12.2. The smallest absolute Gasteiger partial charge is 0.251 e. The van der Waals surface area contributed by atoms with E-state index in [0.29, 0.717) is 12.0 Å². The Bertz CT molecular complexity index is 485. The first-order valence-electron chi connectivity index (χ1n) is 6.07. The number of aliphatic hydroxyl groups excluding tert-OH is 1. The number of hydrogen-bond donors (Lipinski definition) is 2. The van der Waals surface area contributed by atoms with Gasteiger partial charge in [0.05, 0.1) is 6.10 Å². The Balaban J connectivity index is 2.09. The number of amides is 1. The summed E-state index contributed by atoms with van der Waals surface area (Å²) in [5, 5.41) is 12.7. The molecule has 0 bridgehead atoms. The summed E-state index contributed by atoms with van der Waals surface area (Å²) in [5.41, 5.74) is 1.40. The van der Waals surface area contributed by atoms with Crippen LogP contribution in [0.3, 0.4) is 0 Å². The van der Waals surface area contributed by atoms with Gasteiger partial charge in [0, 0.05) is 21.5 Å². The molecule has 1 aliphatic carbocycles. The molecule has 1 aliphatic rings. The molecule has 1 saturated carbocycles. The highest BCUT2D eigenvalue weighted by atomic mass is 79.9. The van der Waals surface area contributed by atoms with Crippen LogP contribution in [0.1, 0.15) is 36.2 Å². The first-order chi connectivity index (χ1) is 8.32. The third kappa shape index (κ3) is 2.31. The van der Waals surface area contributed by atoms with Crippen LogP contribution in [0.25, 0.3) is 0 Å². The number of halogens is 1. The van der Waals surface area contributed by atoms with E-state index in [9.17, 15) is 9.90 Å². The van der Waals surface area contributed by atoms with Crippen molar-refractivity contribution >= 4 is 21.8 Å². The van der Waals surface area contributed by atoms with Gasteiger partial charge in [-0.25, -0.2) is 0 Å². The molecule has 0 radical (unpaired) electrons. The van der Waals surface area contributed by atoms with E-state index < -0.39 is 0 Å². The van der Waals surface area contributed by atoms with Crippen molar-refractivity contribution in [1.29, 1.82) is 0 Å². The number of aryl methyl sites for hydroxylation is 1. The largest absolute Gasteiger partial charge is 0.392 e. The Morgan fingerprint density at radius 2 is 2.17 bits per heavy atom. The van der Waals surface area contributed by atoms with Gasteiger partial charge < -0.3 is 10.4 Å². The number of hydrogen-bond acceptors (Lipinski definition) is 2. The van der Waals surface area contributed by atoms with Crippen LogP contribution in [0.4, 0.5) is 0 Å². The lowest BCUT2D eigenvalue weighted by Crippen LogP contribution is -2.61. The second-order valence-corrected chi connectivity index (χ2v) is 6.47. The number of rotatable bonds is 2. The summed E-state index contributed by atoms with van der Waals surface area (Å²) in [7, 11) is 0. The van der Waals surface area contributed by atoms with Gasteiger partial charge in [-0.3, -0.25) is 4.79 Å². The van der Waals surface area contributed by atoms with E-state index in [1.807, 2.05) is 39.0 Å². The van der Waals surface area contributed by atoms with Gasteiger partial charge >= 0.3 is 0 Å². The molecule has 3 nitrogen and oxygen atoms in total. The summed E-state index contributed by atoms with van der Waals surface area (Å²) < 4.78 is 0.968. The van der Waals surface area contributed by atoms with Crippen molar-refractivity contribution in [2.75, 3.05) is 0 Å². The first-order valence-corrected chi connectivity index (χ1v) is 6.86. The Morgan fingerprint density at radius 1 is 1.50 bits per heavy atom. The van der Waals surface area contributed by atoms with Crippen LogP contribution in [-0.4, -0.2) is 23.2 Å². The molecule has 4 heteroatoms. The highest BCUT2D eigenvalue weighted by Gasteiger charge is 2.48. The number of aliphatic hydroxyl groups is 1. The SMILES string of the molecule is Cc1cc(Br)ccc1C(=O)NC1CC(O)C1(C)C. The van der Waals surface area contributed by atoms with Crippen LogP contribution in [0.15, 0.2) is 22.7 Å². The number of carbonyl (C=O) groups is 1. The van der Waals surface area contributed by atoms with E-state index in [0.717, 1.165) is 10.0 Å². The van der Waals surface area contributed by atoms with Crippen LogP contribution in [-0.2, 0) is 0 Å². The van der Waals surface area contributed by atoms with Gasteiger partial charge in [0.2, 0.25) is 0 Å². The molecule has 2 rings (SSSR count). The molecule has 0 saturated heterocycles. The zero-order chi connectivity index (χ0) is 13.5. The molecule has 0 heterocycles. The van der Waals surface area contributed by atoms with Crippen LogP contribution in [0.2, 0.25) is 0 Å². The van der Waals surface area contributed by atoms with E-state index in [2.05, 4.69) is 21.2 Å². The number of carbonyl (C=O) groups excluding carboxylic acids is 1. The Labute approximate surface area is 116 Å². The van der Waals surface area contributed by atoms with Crippen molar-refractivity contribution in [3.05, 3.63) is 33.8 Å². The average Bonchev–Trinajstić information content (AvgIpc) is 2.28. The molecule has 98 valence electrons. The summed E-state index contributed by atoms with van der Waals surface area (Å²) in [6, 6.07) is 5.65. The molecule has 1 amide bonds. The molecule has 18 heavy (non-hydrogen) atoms. The Kier molecular flexibility index (Phi) is 3.52. The van der Waals surface area contributed by atoms with Crippen molar-refractivity contribution in [2.45, 2.75) is 39.3 Å². The molecule has 0 spiro atoms. The molecule has 1 aromatic carbocycles. The van der Waals surface area contributed by atoms with Crippen LogP contribution in [0, 0.1) is 12.3 Å². The highest BCUT2D eigenvalue weighted by Crippen LogP contribution is 2.40. The molecular formula is C14H18BrNO2. The molecule has 2 N–H and O–H groups in total. The fraction of sp³-hybridized carbons (Fsp3) is 0.500. The van der Waals surface area contributed by atoms with E-state index in [1.54, 1.807) is 0 Å². The van der Waals surface area contributed by atoms with E-state index in [4.69, 9.17) is 0 Å². The summed E-state index contributed by atoms with van der Waals surface area (Å²) in [6.07, 6.45) is 0.308. The third-order valence-corrected chi connectivity index (χ3v) is 4.45. The van der Waals surface area contributed by atoms with Crippen molar-refractivity contribution in [3.8, 4) is 0 Å². The maximum absolute atomic E-state index is 12.2. The van der Waals surface area contributed by atoms with Crippen molar-refractivity contribution in [1.82, 2.24) is 5.32 Å². The Morgan fingerprint density at radius 3 is 2.67 bits per heavy atom. The van der Waals surface area contributed by atoms with Crippen LogP contribution < -0.4 is 5.32 Å². The highest BCUT2D eigenvalue weighted by molar-refractivity contribution is 9.10. The lowest BCUT2D eigenvalue weighted by Gasteiger charge is -2.49. The van der Waals surface area contributed by atoms with Crippen molar-refractivity contribution < 1.29 is 9.90 Å². The van der Waals surface area contributed by atoms with Crippen LogP contribution in [0.5, 0.6) is 0 Å². The zero-order valence-electron chi connectivity index (χ0n) is 10.8. The molecule has 2 atom stereocenters. The predicted octanol–water partition coefficient (Wildman–Crippen LogP) is 2.65. The monoisotopic (exact) mass is 311 g/mol. The van der Waals surface area contributed by atoms with Crippen LogP contribution >= 0.6 is 15.9 Å². The molecule has 1 fully saturated rings. The van der Waals surface area contributed by atoms with Gasteiger partial charge in [-0.15, -0.1) is 0 Å². The van der Waals surface area contributed by atoms with E-state index in [1.165, 1.54) is 0 Å². The molecule has 0 aliphatic heterocycles.